The van der Waals surface area contributed by atoms with Crippen molar-refractivity contribution in [2.75, 3.05) is 13.1 Å². The van der Waals surface area contributed by atoms with Crippen LogP contribution in [0.1, 0.15) is 67.2 Å². The number of aliphatic hydroxyl groups excluding tert-OH is 1. The molecule has 130 valence electrons. The molecular formula is C17H34N2O2S. The first kappa shape index (κ1) is 18.4. The first-order chi connectivity index (χ1) is 9.94. The van der Waals surface area contributed by atoms with E-state index in [1.807, 2.05) is 20.8 Å². The third-order valence-corrected chi connectivity index (χ3v) is 7.38. The van der Waals surface area contributed by atoms with Crippen LogP contribution in [0.3, 0.4) is 0 Å². The number of nitrogens with one attached hydrogen (secondary N) is 2. The van der Waals surface area contributed by atoms with Crippen molar-refractivity contribution in [2.24, 2.45) is 10.8 Å². The second-order valence-corrected chi connectivity index (χ2v) is 11.2. The molecule has 1 aliphatic carbocycles. The molecule has 0 unspecified atom stereocenters. The summed E-state index contributed by atoms with van der Waals surface area (Å²) >= 11 is 0. The topological polar surface area (TPSA) is 61.4 Å². The third-order valence-electron chi connectivity index (χ3n) is 5.74. The molecule has 1 aliphatic heterocycles. The van der Waals surface area contributed by atoms with Crippen molar-refractivity contribution in [3.05, 3.63) is 0 Å². The van der Waals surface area contributed by atoms with Gasteiger partial charge in [-0.3, -0.25) is 0 Å². The van der Waals surface area contributed by atoms with Gasteiger partial charge >= 0.3 is 0 Å². The molecule has 3 atom stereocenters. The number of rotatable bonds is 2. The van der Waals surface area contributed by atoms with Crippen LogP contribution in [0.5, 0.6) is 0 Å². The predicted octanol–water partition coefficient (Wildman–Crippen LogP) is 2.35. The Balaban J connectivity index is 2.46. The second-order valence-electron chi connectivity index (χ2n) is 9.23. The summed E-state index contributed by atoms with van der Waals surface area (Å²) in [5.74, 6) is 0. The Hall–Kier alpha value is 0.0300. The van der Waals surface area contributed by atoms with Gasteiger partial charge in [-0.1, -0.05) is 20.8 Å². The molecule has 3 N–H and O–H groups in total. The molecule has 0 aromatic carbocycles. The molecule has 5 heteroatoms. The highest BCUT2D eigenvalue weighted by Gasteiger charge is 2.63. The normalized spacial score (nSPS) is 34.0. The van der Waals surface area contributed by atoms with Crippen LogP contribution in [0.2, 0.25) is 0 Å². The van der Waals surface area contributed by atoms with E-state index in [2.05, 4.69) is 30.8 Å². The van der Waals surface area contributed by atoms with Gasteiger partial charge in [-0.2, -0.15) is 0 Å². The Bertz CT molecular complexity index is 433. The standard InChI is InChI=1S/C17H34N2O2S/c1-14(2,3)17(19-22(21)15(4,5)6)12-13(20)11-16(17)7-9-18-10-8-16/h13,18-20H,7-12H2,1-6H3/t13-,17-,22-/m1/s1. The molecule has 1 saturated carbocycles. The minimum Gasteiger partial charge on any atom is -0.393 e. The summed E-state index contributed by atoms with van der Waals surface area (Å²) in [5, 5.41) is 13.9. The molecule has 0 aromatic heterocycles. The smallest absolute Gasteiger partial charge is 0.0975 e. The molecule has 1 spiro atoms. The minimum absolute atomic E-state index is 0.0246. The summed E-state index contributed by atoms with van der Waals surface area (Å²) in [6.07, 6.45) is 3.28. The van der Waals surface area contributed by atoms with Crippen molar-refractivity contribution in [3.63, 3.8) is 0 Å². The highest BCUT2D eigenvalue weighted by atomic mass is 32.2. The Kier molecular flexibility index (Phi) is 4.87. The van der Waals surface area contributed by atoms with Crippen molar-refractivity contribution < 1.29 is 9.32 Å². The van der Waals surface area contributed by atoms with Crippen LogP contribution >= 0.6 is 0 Å². The molecule has 4 nitrogen and oxygen atoms in total. The van der Waals surface area contributed by atoms with Crippen LogP contribution in [-0.4, -0.2) is 38.8 Å². The van der Waals surface area contributed by atoms with Crippen LogP contribution in [0.25, 0.3) is 0 Å². The lowest BCUT2D eigenvalue weighted by Gasteiger charge is -2.56. The number of piperidine rings is 1. The van der Waals surface area contributed by atoms with Crippen LogP contribution in [0, 0.1) is 10.8 Å². The molecule has 2 aliphatic rings. The van der Waals surface area contributed by atoms with Gasteiger partial charge in [0, 0.05) is 5.54 Å². The lowest BCUT2D eigenvalue weighted by Crippen LogP contribution is -2.66. The molecule has 0 amide bonds. The average Bonchev–Trinajstić information content (AvgIpc) is 2.61. The average molecular weight is 331 g/mol. The van der Waals surface area contributed by atoms with E-state index in [4.69, 9.17) is 0 Å². The Morgan fingerprint density at radius 1 is 1.09 bits per heavy atom. The molecular weight excluding hydrogens is 296 g/mol. The zero-order chi connectivity index (χ0) is 16.8. The summed E-state index contributed by atoms with van der Waals surface area (Å²) in [4.78, 5) is 0. The SMILES string of the molecule is CC(C)(C)[S@@](=O)N[C@@]1(C(C)(C)C)C[C@H](O)CC12CCNCC2. The van der Waals surface area contributed by atoms with Gasteiger partial charge in [-0.15, -0.1) is 0 Å². The molecule has 0 aromatic rings. The van der Waals surface area contributed by atoms with Gasteiger partial charge in [0.2, 0.25) is 0 Å². The van der Waals surface area contributed by atoms with Crippen LogP contribution in [0.15, 0.2) is 0 Å². The summed E-state index contributed by atoms with van der Waals surface area (Å²) in [5.41, 5.74) is -0.334. The van der Waals surface area contributed by atoms with Crippen LogP contribution in [0.4, 0.5) is 0 Å². The zero-order valence-corrected chi connectivity index (χ0v) is 15.9. The zero-order valence-electron chi connectivity index (χ0n) is 15.1. The van der Waals surface area contributed by atoms with E-state index in [1.54, 1.807) is 0 Å². The van der Waals surface area contributed by atoms with E-state index in [1.165, 1.54) is 0 Å². The van der Waals surface area contributed by atoms with Gasteiger partial charge in [0.05, 0.1) is 21.8 Å². The van der Waals surface area contributed by atoms with E-state index < -0.39 is 11.0 Å². The first-order valence-electron chi connectivity index (χ1n) is 8.52. The van der Waals surface area contributed by atoms with Gasteiger partial charge in [0.1, 0.15) is 0 Å². The largest absolute Gasteiger partial charge is 0.393 e. The van der Waals surface area contributed by atoms with E-state index >= 15 is 0 Å². The van der Waals surface area contributed by atoms with Gasteiger partial charge < -0.3 is 10.4 Å². The molecule has 0 bridgehead atoms. The lowest BCUT2D eigenvalue weighted by atomic mass is 9.57. The summed E-state index contributed by atoms with van der Waals surface area (Å²) < 4.78 is 16.1. The fourth-order valence-electron chi connectivity index (χ4n) is 4.52. The van der Waals surface area contributed by atoms with Crippen molar-refractivity contribution in [3.8, 4) is 0 Å². The number of hydrogen-bond acceptors (Lipinski definition) is 3. The number of aliphatic hydroxyl groups is 1. The minimum atomic E-state index is -1.14. The van der Waals surface area contributed by atoms with Gasteiger partial charge in [0.15, 0.2) is 0 Å². The quantitative estimate of drug-likeness (QED) is 0.728. The Labute approximate surface area is 138 Å². The van der Waals surface area contributed by atoms with Gasteiger partial charge in [-0.25, -0.2) is 8.93 Å². The van der Waals surface area contributed by atoms with Gasteiger partial charge in [-0.05, 0) is 70.4 Å². The summed E-state index contributed by atoms with van der Waals surface area (Å²) in [7, 11) is -1.14. The van der Waals surface area contributed by atoms with Crippen LogP contribution < -0.4 is 10.0 Å². The summed E-state index contributed by atoms with van der Waals surface area (Å²) in [6.45, 7) is 14.7. The monoisotopic (exact) mass is 330 g/mol. The van der Waals surface area contributed by atoms with E-state index in [0.29, 0.717) is 6.42 Å². The van der Waals surface area contributed by atoms with Crippen molar-refractivity contribution in [1.82, 2.24) is 10.0 Å². The summed E-state index contributed by atoms with van der Waals surface area (Å²) in [6, 6.07) is 0. The van der Waals surface area contributed by atoms with Crippen molar-refractivity contribution in [1.29, 1.82) is 0 Å². The lowest BCUT2D eigenvalue weighted by molar-refractivity contribution is 0.00968. The fourth-order valence-corrected chi connectivity index (χ4v) is 5.75. The van der Waals surface area contributed by atoms with Crippen molar-refractivity contribution >= 4 is 11.0 Å². The maximum atomic E-state index is 12.9. The maximum absolute atomic E-state index is 12.9. The molecule has 22 heavy (non-hydrogen) atoms. The second kappa shape index (κ2) is 5.83. The Morgan fingerprint density at radius 3 is 2.09 bits per heavy atom. The number of hydrogen-bond donors (Lipinski definition) is 3. The maximum Gasteiger partial charge on any atom is 0.0975 e. The third kappa shape index (κ3) is 3.02. The first-order valence-corrected chi connectivity index (χ1v) is 9.67. The highest BCUT2D eigenvalue weighted by molar-refractivity contribution is 7.84. The van der Waals surface area contributed by atoms with Crippen molar-refractivity contribution in [2.45, 2.75) is 83.6 Å². The molecule has 2 rings (SSSR count). The van der Waals surface area contributed by atoms with E-state index in [9.17, 15) is 9.32 Å². The Morgan fingerprint density at radius 2 is 1.64 bits per heavy atom. The van der Waals surface area contributed by atoms with Crippen LogP contribution in [-0.2, 0) is 11.0 Å². The molecule has 1 saturated heterocycles. The fraction of sp³-hybridized carbons (Fsp3) is 1.00. The predicted molar refractivity (Wildman–Crippen MR) is 93.0 cm³/mol. The van der Waals surface area contributed by atoms with E-state index in [-0.39, 0.29) is 27.2 Å². The van der Waals surface area contributed by atoms with Gasteiger partial charge in [0.25, 0.3) is 0 Å². The molecule has 0 radical (unpaired) electrons. The van der Waals surface area contributed by atoms with E-state index in [0.717, 1.165) is 32.4 Å². The molecule has 1 heterocycles. The molecule has 2 fully saturated rings. The highest BCUT2D eigenvalue weighted by Crippen LogP contribution is 2.59.